The van der Waals surface area contributed by atoms with Gasteiger partial charge in [0.1, 0.15) is 0 Å². The fraction of sp³-hybridized carbons (Fsp3) is 0.857. The van der Waals surface area contributed by atoms with Gasteiger partial charge in [-0.3, -0.25) is 9.59 Å². The van der Waals surface area contributed by atoms with Crippen LogP contribution in [-0.4, -0.2) is 34.5 Å². The average molecular weight is 287 g/mol. The summed E-state index contributed by atoms with van der Waals surface area (Å²) in [6.45, 7) is 3.65. The van der Waals surface area contributed by atoms with Crippen LogP contribution in [0.15, 0.2) is 0 Å². The largest absolute Gasteiger partial charge is 0.481 e. The SMILES string of the molecule is CSC1CCCC(NC(=O)CC(C)(C)CC(=O)O)C1. The smallest absolute Gasteiger partial charge is 0.303 e. The molecule has 2 N–H and O–H groups in total. The van der Waals surface area contributed by atoms with Crippen LogP contribution >= 0.6 is 11.8 Å². The predicted octanol–water partition coefficient (Wildman–Crippen LogP) is 2.67. The van der Waals surface area contributed by atoms with Gasteiger partial charge in [0.25, 0.3) is 0 Å². The lowest BCUT2D eigenvalue weighted by molar-refractivity contribution is -0.139. The normalized spacial score (nSPS) is 23.9. The molecule has 1 aliphatic carbocycles. The van der Waals surface area contributed by atoms with Crippen LogP contribution in [0.4, 0.5) is 0 Å². The van der Waals surface area contributed by atoms with E-state index in [1.165, 1.54) is 6.42 Å². The summed E-state index contributed by atoms with van der Waals surface area (Å²) in [7, 11) is 0. The molecule has 2 atom stereocenters. The van der Waals surface area contributed by atoms with Crippen LogP contribution in [0, 0.1) is 5.41 Å². The van der Waals surface area contributed by atoms with E-state index in [-0.39, 0.29) is 24.8 Å². The van der Waals surface area contributed by atoms with E-state index in [1.54, 1.807) is 0 Å². The zero-order valence-corrected chi connectivity index (χ0v) is 12.9. The number of thioether (sulfide) groups is 1. The number of hydrogen-bond acceptors (Lipinski definition) is 3. The van der Waals surface area contributed by atoms with Crippen LogP contribution in [0.1, 0.15) is 52.4 Å². The van der Waals surface area contributed by atoms with Gasteiger partial charge in [0.2, 0.25) is 5.91 Å². The van der Waals surface area contributed by atoms with Gasteiger partial charge in [-0.25, -0.2) is 0 Å². The zero-order chi connectivity index (χ0) is 14.5. The molecule has 5 heteroatoms. The molecule has 2 unspecified atom stereocenters. The first kappa shape index (κ1) is 16.3. The van der Waals surface area contributed by atoms with E-state index in [9.17, 15) is 9.59 Å². The first-order chi connectivity index (χ1) is 8.82. The summed E-state index contributed by atoms with van der Waals surface area (Å²) in [5, 5.41) is 12.5. The third-order valence-electron chi connectivity index (χ3n) is 3.59. The first-order valence-corrected chi connectivity index (χ1v) is 8.15. The molecule has 0 radical (unpaired) electrons. The molecule has 0 aliphatic heterocycles. The van der Waals surface area contributed by atoms with Gasteiger partial charge in [-0.05, 0) is 30.9 Å². The van der Waals surface area contributed by atoms with Crippen LogP contribution in [0.25, 0.3) is 0 Å². The molecular formula is C14H25NO3S. The van der Waals surface area contributed by atoms with Crippen molar-refractivity contribution in [1.82, 2.24) is 5.32 Å². The maximum Gasteiger partial charge on any atom is 0.303 e. The van der Waals surface area contributed by atoms with Gasteiger partial charge in [-0.1, -0.05) is 20.3 Å². The summed E-state index contributed by atoms with van der Waals surface area (Å²) in [5.41, 5.74) is -0.483. The molecule has 110 valence electrons. The standard InChI is InChI=1S/C14H25NO3S/c1-14(2,9-13(17)18)8-12(16)15-10-5-4-6-11(7-10)19-3/h10-11H,4-9H2,1-3H3,(H,15,16)(H,17,18). The van der Waals surface area contributed by atoms with E-state index in [0.29, 0.717) is 5.25 Å². The Labute approximate surface area is 119 Å². The van der Waals surface area contributed by atoms with Gasteiger partial charge < -0.3 is 10.4 Å². The monoisotopic (exact) mass is 287 g/mol. The highest BCUT2D eigenvalue weighted by molar-refractivity contribution is 7.99. The molecule has 4 nitrogen and oxygen atoms in total. The number of aliphatic carboxylic acids is 1. The number of hydrogen-bond donors (Lipinski definition) is 2. The minimum absolute atomic E-state index is 0.0157. The maximum atomic E-state index is 12.0. The van der Waals surface area contributed by atoms with Gasteiger partial charge >= 0.3 is 5.97 Å². The van der Waals surface area contributed by atoms with Crippen molar-refractivity contribution >= 4 is 23.6 Å². The summed E-state index contributed by atoms with van der Waals surface area (Å²) in [6.07, 6.45) is 6.89. The van der Waals surface area contributed by atoms with E-state index in [1.807, 2.05) is 25.6 Å². The van der Waals surface area contributed by atoms with Crippen LogP contribution in [0.5, 0.6) is 0 Å². The molecule has 0 aromatic rings. The Kier molecular flexibility index (Phi) is 6.17. The van der Waals surface area contributed by atoms with Crippen molar-refractivity contribution in [3.05, 3.63) is 0 Å². The quantitative estimate of drug-likeness (QED) is 0.788. The number of carbonyl (C=O) groups is 2. The third-order valence-corrected chi connectivity index (χ3v) is 4.69. The van der Waals surface area contributed by atoms with Crippen molar-refractivity contribution in [1.29, 1.82) is 0 Å². The van der Waals surface area contributed by atoms with E-state index in [0.717, 1.165) is 19.3 Å². The molecule has 0 spiro atoms. The van der Waals surface area contributed by atoms with Crippen LogP contribution in [-0.2, 0) is 9.59 Å². The number of carbonyl (C=O) groups excluding carboxylic acids is 1. The Morgan fingerprint density at radius 3 is 2.58 bits per heavy atom. The second-order valence-electron chi connectivity index (χ2n) is 6.20. The van der Waals surface area contributed by atoms with E-state index in [2.05, 4.69) is 11.6 Å². The van der Waals surface area contributed by atoms with Crippen molar-refractivity contribution in [3.8, 4) is 0 Å². The molecule has 1 fully saturated rings. The average Bonchev–Trinajstić information content (AvgIpc) is 2.26. The summed E-state index contributed by atoms with van der Waals surface area (Å²) >= 11 is 1.87. The van der Waals surface area contributed by atoms with Crippen molar-refractivity contribution in [2.45, 2.75) is 63.7 Å². The van der Waals surface area contributed by atoms with Crippen molar-refractivity contribution in [3.63, 3.8) is 0 Å². The second-order valence-corrected chi connectivity index (χ2v) is 7.34. The van der Waals surface area contributed by atoms with Crippen molar-refractivity contribution < 1.29 is 14.7 Å². The molecule has 1 saturated carbocycles. The number of amides is 1. The van der Waals surface area contributed by atoms with Gasteiger partial charge in [-0.15, -0.1) is 0 Å². The summed E-state index contributed by atoms with van der Waals surface area (Å²) in [5.74, 6) is -0.865. The van der Waals surface area contributed by atoms with E-state index >= 15 is 0 Å². The highest BCUT2D eigenvalue weighted by Gasteiger charge is 2.28. The summed E-state index contributed by atoms with van der Waals surface area (Å²) in [4.78, 5) is 22.7. The topological polar surface area (TPSA) is 66.4 Å². The molecule has 19 heavy (non-hydrogen) atoms. The minimum Gasteiger partial charge on any atom is -0.481 e. The van der Waals surface area contributed by atoms with Crippen molar-refractivity contribution in [2.75, 3.05) is 6.26 Å². The Hall–Kier alpha value is -0.710. The summed E-state index contributed by atoms with van der Waals surface area (Å²) < 4.78 is 0. The third kappa shape index (κ3) is 6.32. The highest BCUT2D eigenvalue weighted by Crippen LogP contribution is 2.28. The predicted molar refractivity (Wildman–Crippen MR) is 78.4 cm³/mol. The lowest BCUT2D eigenvalue weighted by Crippen LogP contribution is -2.40. The van der Waals surface area contributed by atoms with Crippen LogP contribution in [0.2, 0.25) is 0 Å². The number of carboxylic acid groups (broad SMARTS) is 1. The Balaban J connectivity index is 2.40. The number of carboxylic acids is 1. The molecular weight excluding hydrogens is 262 g/mol. The van der Waals surface area contributed by atoms with Crippen molar-refractivity contribution in [2.24, 2.45) is 5.41 Å². The molecule has 1 aliphatic rings. The molecule has 0 heterocycles. The molecule has 0 saturated heterocycles. The lowest BCUT2D eigenvalue weighted by atomic mass is 9.85. The van der Waals surface area contributed by atoms with Gasteiger partial charge in [0.05, 0.1) is 6.42 Å². The van der Waals surface area contributed by atoms with Gasteiger partial charge in [0.15, 0.2) is 0 Å². The van der Waals surface area contributed by atoms with E-state index < -0.39 is 11.4 Å². The maximum absolute atomic E-state index is 12.0. The van der Waals surface area contributed by atoms with E-state index in [4.69, 9.17) is 5.11 Å². The lowest BCUT2D eigenvalue weighted by Gasteiger charge is -2.30. The number of nitrogens with one attached hydrogen (secondary N) is 1. The van der Waals surface area contributed by atoms with Gasteiger partial charge in [-0.2, -0.15) is 11.8 Å². The molecule has 1 amide bonds. The summed E-state index contributed by atoms with van der Waals surface area (Å²) in [6, 6.07) is 0.263. The zero-order valence-electron chi connectivity index (χ0n) is 12.1. The molecule has 0 aromatic carbocycles. The van der Waals surface area contributed by atoms with Crippen LogP contribution in [0.3, 0.4) is 0 Å². The fourth-order valence-electron chi connectivity index (χ4n) is 2.68. The Morgan fingerprint density at radius 2 is 2.00 bits per heavy atom. The van der Waals surface area contributed by atoms with Gasteiger partial charge in [0, 0.05) is 17.7 Å². The van der Waals surface area contributed by atoms with Crippen LogP contribution < -0.4 is 5.32 Å². The molecule has 0 aromatic heterocycles. The highest BCUT2D eigenvalue weighted by atomic mass is 32.2. The molecule has 1 rings (SSSR count). The minimum atomic E-state index is -0.849. The number of rotatable bonds is 6. The molecule has 0 bridgehead atoms. The Bertz CT molecular complexity index is 331. The fourth-order valence-corrected chi connectivity index (χ4v) is 3.50. The Morgan fingerprint density at radius 1 is 1.32 bits per heavy atom. The first-order valence-electron chi connectivity index (χ1n) is 6.86. The second kappa shape index (κ2) is 7.17.